The maximum atomic E-state index is 5.47. The van der Waals surface area contributed by atoms with E-state index in [1.54, 1.807) is 0 Å². The second-order valence-electron chi connectivity index (χ2n) is 3.90. The summed E-state index contributed by atoms with van der Waals surface area (Å²) in [5.41, 5.74) is 6.58. The van der Waals surface area contributed by atoms with Crippen LogP contribution in [-0.4, -0.2) is 16.1 Å². The van der Waals surface area contributed by atoms with Gasteiger partial charge in [0.05, 0.1) is 5.69 Å². The van der Waals surface area contributed by atoms with Crippen LogP contribution < -0.4 is 5.73 Å². The van der Waals surface area contributed by atoms with E-state index >= 15 is 0 Å². The molecule has 0 aliphatic rings. The summed E-state index contributed by atoms with van der Waals surface area (Å²) in [6.07, 6.45) is 4.00. The zero-order chi connectivity index (χ0) is 9.84. The first kappa shape index (κ1) is 10.3. The summed E-state index contributed by atoms with van der Waals surface area (Å²) in [5, 5.41) is 0. The number of hydrogen-bond donors (Lipinski definition) is 1. The Labute approximate surface area is 80.0 Å². The van der Waals surface area contributed by atoms with E-state index in [0.29, 0.717) is 12.5 Å². The van der Waals surface area contributed by atoms with Gasteiger partial charge in [-0.3, -0.25) is 0 Å². The molecule has 3 nitrogen and oxygen atoms in total. The zero-order valence-corrected chi connectivity index (χ0v) is 8.75. The summed E-state index contributed by atoms with van der Waals surface area (Å²) in [6, 6.07) is 0. The largest absolute Gasteiger partial charge is 0.338 e. The first-order chi connectivity index (χ1) is 6.13. The van der Waals surface area contributed by atoms with Gasteiger partial charge in [0.25, 0.3) is 0 Å². The molecule has 0 saturated heterocycles. The number of aromatic nitrogens is 2. The molecular formula is C10H19N3. The minimum absolute atomic E-state index is 0.659. The van der Waals surface area contributed by atoms with E-state index in [0.717, 1.165) is 18.5 Å². The molecular weight excluding hydrogens is 162 g/mol. The van der Waals surface area contributed by atoms with E-state index < -0.39 is 0 Å². The van der Waals surface area contributed by atoms with Gasteiger partial charge in [0, 0.05) is 26.1 Å². The highest BCUT2D eigenvalue weighted by atomic mass is 15.0. The standard InChI is InChI=1S/C10H19N3/c1-8(2)6-10-12-9(4-5-11)7-13(10)3/h7-8H,4-6,11H2,1-3H3. The summed E-state index contributed by atoms with van der Waals surface area (Å²) >= 11 is 0. The highest BCUT2D eigenvalue weighted by Crippen LogP contribution is 2.07. The van der Waals surface area contributed by atoms with Crippen LogP contribution in [0.5, 0.6) is 0 Å². The monoisotopic (exact) mass is 181 g/mol. The lowest BCUT2D eigenvalue weighted by Crippen LogP contribution is -2.03. The minimum Gasteiger partial charge on any atom is -0.338 e. The molecule has 0 radical (unpaired) electrons. The molecule has 1 aromatic rings. The molecule has 0 atom stereocenters. The number of hydrogen-bond acceptors (Lipinski definition) is 2. The maximum Gasteiger partial charge on any atom is 0.108 e. The van der Waals surface area contributed by atoms with Crippen LogP contribution in [0.1, 0.15) is 25.4 Å². The van der Waals surface area contributed by atoms with Crippen molar-refractivity contribution in [1.82, 2.24) is 9.55 Å². The van der Waals surface area contributed by atoms with Crippen LogP contribution in [-0.2, 0) is 19.9 Å². The van der Waals surface area contributed by atoms with E-state index in [2.05, 4.69) is 29.6 Å². The molecule has 3 heteroatoms. The SMILES string of the molecule is CC(C)Cc1nc(CCN)cn1C. The lowest BCUT2D eigenvalue weighted by atomic mass is 10.1. The van der Waals surface area contributed by atoms with Crippen molar-refractivity contribution in [2.75, 3.05) is 6.54 Å². The Bertz CT molecular complexity index is 263. The molecule has 13 heavy (non-hydrogen) atoms. The van der Waals surface area contributed by atoms with Crippen LogP contribution in [0.15, 0.2) is 6.20 Å². The molecule has 0 aliphatic heterocycles. The third kappa shape index (κ3) is 2.84. The van der Waals surface area contributed by atoms with Gasteiger partial charge in [0.2, 0.25) is 0 Å². The van der Waals surface area contributed by atoms with Crippen molar-refractivity contribution in [3.63, 3.8) is 0 Å². The normalized spacial score (nSPS) is 11.2. The Morgan fingerprint density at radius 1 is 1.54 bits per heavy atom. The number of rotatable bonds is 4. The van der Waals surface area contributed by atoms with Crippen molar-refractivity contribution in [2.45, 2.75) is 26.7 Å². The minimum atomic E-state index is 0.659. The van der Waals surface area contributed by atoms with Crippen LogP contribution in [0.25, 0.3) is 0 Å². The number of imidazole rings is 1. The van der Waals surface area contributed by atoms with E-state index in [1.807, 2.05) is 7.05 Å². The van der Waals surface area contributed by atoms with E-state index in [9.17, 15) is 0 Å². The molecule has 1 aromatic heterocycles. The molecule has 0 fully saturated rings. The van der Waals surface area contributed by atoms with Gasteiger partial charge in [-0.2, -0.15) is 0 Å². The highest BCUT2D eigenvalue weighted by Gasteiger charge is 2.06. The van der Waals surface area contributed by atoms with Crippen molar-refractivity contribution in [3.05, 3.63) is 17.7 Å². The number of aryl methyl sites for hydroxylation is 1. The van der Waals surface area contributed by atoms with Crippen LogP contribution in [0, 0.1) is 5.92 Å². The quantitative estimate of drug-likeness (QED) is 0.756. The van der Waals surface area contributed by atoms with Crippen molar-refractivity contribution < 1.29 is 0 Å². The smallest absolute Gasteiger partial charge is 0.108 e. The van der Waals surface area contributed by atoms with Gasteiger partial charge in [-0.05, 0) is 12.5 Å². The third-order valence-corrected chi connectivity index (χ3v) is 2.01. The molecule has 74 valence electrons. The molecule has 0 saturated carbocycles. The molecule has 0 amide bonds. The Balaban J connectivity index is 2.71. The molecule has 0 bridgehead atoms. The fourth-order valence-electron chi connectivity index (χ4n) is 1.39. The third-order valence-electron chi connectivity index (χ3n) is 2.01. The van der Waals surface area contributed by atoms with E-state index in [1.165, 1.54) is 5.82 Å². The Morgan fingerprint density at radius 3 is 2.77 bits per heavy atom. The zero-order valence-electron chi connectivity index (χ0n) is 8.75. The van der Waals surface area contributed by atoms with Crippen LogP contribution >= 0.6 is 0 Å². The summed E-state index contributed by atoms with van der Waals surface area (Å²) in [5.74, 6) is 1.82. The second kappa shape index (κ2) is 4.42. The van der Waals surface area contributed by atoms with Crippen LogP contribution in [0.3, 0.4) is 0 Å². The first-order valence-electron chi connectivity index (χ1n) is 4.84. The van der Waals surface area contributed by atoms with Gasteiger partial charge in [-0.15, -0.1) is 0 Å². The summed E-state index contributed by atoms with van der Waals surface area (Å²) in [6.45, 7) is 5.09. The Hall–Kier alpha value is -0.830. The van der Waals surface area contributed by atoms with Crippen LogP contribution in [0.2, 0.25) is 0 Å². The predicted molar refractivity (Wildman–Crippen MR) is 54.5 cm³/mol. The van der Waals surface area contributed by atoms with Crippen molar-refractivity contribution in [3.8, 4) is 0 Å². The van der Waals surface area contributed by atoms with Crippen LogP contribution in [0.4, 0.5) is 0 Å². The average Bonchev–Trinajstić information content (AvgIpc) is 2.31. The molecule has 0 unspecified atom stereocenters. The molecule has 0 spiro atoms. The lowest BCUT2D eigenvalue weighted by Gasteiger charge is -2.03. The Morgan fingerprint density at radius 2 is 2.23 bits per heavy atom. The Kier molecular flexibility index (Phi) is 3.48. The van der Waals surface area contributed by atoms with E-state index in [-0.39, 0.29) is 0 Å². The fraction of sp³-hybridized carbons (Fsp3) is 0.700. The van der Waals surface area contributed by atoms with Gasteiger partial charge in [0.15, 0.2) is 0 Å². The molecule has 0 aliphatic carbocycles. The molecule has 2 N–H and O–H groups in total. The number of nitrogens with zero attached hydrogens (tertiary/aromatic N) is 2. The van der Waals surface area contributed by atoms with Gasteiger partial charge in [-0.25, -0.2) is 4.98 Å². The highest BCUT2D eigenvalue weighted by molar-refractivity contribution is 5.04. The molecule has 1 rings (SSSR count). The first-order valence-corrected chi connectivity index (χ1v) is 4.84. The summed E-state index contributed by atoms with van der Waals surface area (Å²) in [4.78, 5) is 4.52. The van der Waals surface area contributed by atoms with Gasteiger partial charge in [-0.1, -0.05) is 13.8 Å². The lowest BCUT2D eigenvalue weighted by molar-refractivity contribution is 0.602. The van der Waals surface area contributed by atoms with Gasteiger partial charge in [0.1, 0.15) is 5.82 Å². The van der Waals surface area contributed by atoms with Gasteiger partial charge >= 0.3 is 0 Å². The average molecular weight is 181 g/mol. The van der Waals surface area contributed by atoms with Gasteiger partial charge < -0.3 is 10.3 Å². The topological polar surface area (TPSA) is 43.8 Å². The summed E-state index contributed by atoms with van der Waals surface area (Å²) in [7, 11) is 2.05. The predicted octanol–water partition coefficient (Wildman–Crippen LogP) is 1.12. The van der Waals surface area contributed by atoms with Crippen molar-refractivity contribution in [1.29, 1.82) is 0 Å². The fourth-order valence-corrected chi connectivity index (χ4v) is 1.39. The maximum absolute atomic E-state index is 5.47. The molecule has 0 aromatic carbocycles. The van der Waals surface area contributed by atoms with E-state index in [4.69, 9.17) is 5.73 Å². The van der Waals surface area contributed by atoms with Crippen molar-refractivity contribution >= 4 is 0 Å². The second-order valence-corrected chi connectivity index (χ2v) is 3.90. The van der Waals surface area contributed by atoms with Crippen molar-refractivity contribution in [2.24, 2.45) is 18.7 Å². The number of nitrogens with two attached hydrogens (primary N) is 1. The summed E-state index contributed by atoms with van der Waals surface area (Å²) < 4.78 is 2.10. The molecule has 1 heterocycles.